The van der Waals surface area contributed by atoms with Crippen LogP contribution in [0.3, 0.4) is 0 Å². The van der Waals surface area contributed by atoms with Crippen molar-refractivity contribution in [2.75, 3.05) is 25.0 Å². The molecule has 214 valence electrons. The fourth-order valence-corrected chi connectivity index (χ4v) is 6.76. The second-order valence-corrected chi connectivity index (χ2v) is 13.9. The minimum absolute atomic E-state index is 0.00542. The van der Waals surface area contributed by atoms with Crippen molar-refractivity contribution in [3.63, 3.8) is 0 Å². The van der Waals surface area contributed by atoms with Gasteiger partial charge in [-0.1, -0.05) is 55.5 Å². The summed E-state index contributed by atoms with van der Waals surface area (Å²) >= 11 is 1.39. The highest BCUT2D eigenvalue weighted by Crippen LogP contribution is 2.29. The van der Waals surface area contributed by atoms with Gasteiger partial charge < -0.3 is 20.5 Å². The topological polar surface area (TPSA) is 121 Å². The number of amides is 1. The van der Waals surface area contributed by atoms with Crippen molar-refractivity contribution in [2.45, 2.75) is 70.6 Å². The minimum atomic E-state index is -3.96. The van der Waals surface area contributed by atoms with Crippen LogP contribution in [0.5, 0.6) is 0 Å². The average Bonchev–Trinajstić information content (AvgIpc) is 3.24. The number of ether oxygens (including phenoxy) is 1. The van der Waals surface area contributed by atoms with E-state index in [0.29, 0.717) is 13.0 Å². The number of alkyl carbamates (subject to hydrolysis) is 1. The summed E-state index contributed by atoms with van der Waals surface area (Å²) in [6.07, 6.45) is -1.57. The predicted molar refractivity (Wildman–Crippen MR) is 157 cm³/mol. The summed E-state index contributed by atoms with van der Waals surface area (Å²) in [5.74, 6) is 0.00542. The molecule has 9 nitrogen and oxygen atoms in total. The fourth-order valence-electron chi connectivity index (χ4n) is 4.07. The normalized spacial score (nSPS) is 14.0. The lowest BCUT2D eigenvalue weighted by Crippen LogP contribution is -2.51. The highest BCUT2D eigenvalue weighted by molar-refractivity contribution is 7.89. The van der Waals surface area contributed by atoms with E-state index >= 15 is 0 Å². The molecule has 0 aliphatic heterocycles. The third-order valence-electron chi connectivity index (χ3n) is 5.75. The van der Waals surface area contributed by atoms with Crippen molar-refractivity contribution in [1.29, 1.82) is 0 Å². The zero-order chi connectivity index (χ0) is 28.8. The number of aliphatic hydroxyl groups excluding tert-OH is 1. The van der Waals surface area contributed by atoms with Gasteiger partial charge in [0, 0.05) is 19.6 Å². The molecule has 2 aromatic carbocycles. The molecule has 0 aliphatic rings. The zero-order valence-electron chi connectivity index (χ0n) is 23.5. The maximum absolute atomic E-state index is 13.8. The summed E-state index contributed by atoms with van der Waals surface area (Å²) in [6, 6.07) is 13.5. The van der Waals surface area contributed by atoms with Gasteiger partial charge in [0.15, 0.2) is 5.13 Å². The number of anilines is 1. The van der Waals surface area contributed by atoms with Gasteiger partial charge in [0.2, 0.25) is 10.0 Å². The van der Waals surface area contributed by atoms with E-state index in [4.69, 9.17) is 4.74 Å². The van der Waals surface area contributed by atoms with Gasteiger partial charge in [-0.05, 0) is 63.8 Å². The lowest BCUT2D eigenvalue weighted by atomic mass is 10.0. The summed E-state index contributed by atoms with van der Waals surface area (Å²) in [6.45, 7) is 11.8. The first-order chi connectivity index (χ1) is 18.3. The van der Waals surface area contributed by atoms with Crippen LogP contribution in [0.15, 0.2) is 53.4 Å². The summed E-state index contributed by atoms with van der Waals surface area (Å²) in [5, 5.41) is 18.0. The molecule has 3 N–H and O–H groups in total. The average molecular weight is 577 g/mol. The van der Waals surface area contributed by atoms with E-state index in [1.54, 1.807) is 39.0 Å². The molecule has 0 spiro atoms. The van der Waals surface area contributed by atoms with Crippen molar-refractivity contribution in [1.82, 2.24) is 14.6 Å². The van der Waals surface area contributed by atoms with Gasteiger partial charge >= 0.3 is 6.09 Å². The van der Waals surface area contributed by atoms with Crippen LogP contribution < -0.4 is 10.6 Å². The Hall–Kier alpha value is -2.73. The van der Waals surface area contributed by atoms with Crippen LogP contribution in [0.1, 0.15) is 47.1 Å². The molecule has 3 aromatic rings. The Morgan fingerprint density at radius 3 is 2.44 bits per heavy atom. The van der Waals surface area contributed by atoms with Crippen molar-refractivity contribution < 1.29 is 23.1 Å². The first kappa shape index (κ1) is 30.8. The van der Waals surface area contributed by atoms with Crippen LogP contribution in [-0.2, 0) is 21.2 Å². The number of carbonyl (C=O) groups is 1. The van der Waals surface area contributed by atoms with Gasteiger partial charge in [-0.15, -0.1) is 0 Å². The third-order valence-corrected chi connectivity index (χ3v) is 8.55. The Morgan fingerprint density at radius 1 is 1.13 bits per heavy atom. The number of nitrogens with one attached hydrogen (secondary N) is 2. The Labute approximate surface area is 235 Å². The van der Waals surface area contributed by atoms with Gasteiger partial charge in [-0.25, -0.2) is 18.2 Å². The second-order valence-electron chi connectivity index (χ2n) is 10.9. The van der Waals surface area contributed by atoms with Gasteiger partial charge in [-0.3, -0.25) is 0 Å². The lowest BCUT2D eigenvalue weighted by Gasteiger charge is -2.31. The van der Waals surface area contributed by atoms with E-state index in [1.807, 2.05) is 51.1 Å². The van der Waals surface area contributed by atoms with Gasteiger partial charge in [-0.2, -0.15) is 4.31 Å². The largest absolute Gasteiger partial charge is 0.444 e. The van der Waals surface area contributed by atoms with Crippen molar-refractivity contribution in [3.05, 3.63) is 54.1 Å². The number of rotatable bonds is 12. The summed E-state index contributed by atoms with van der Waals surface area (Å²) in [4.78, 5) is 17.3. The molecule has 1 aromatic heterocycles. The lowest BCUT2D eigenvalue weighted by molar-refractivity contribution is 0.0400. The highest BCUT2D eigenvalue weighted by atomic mass is 32.2. The molecular weight excluding hydrogens is 536 g/mol. The van der Waals surface area contributed by atoms with E-state index in [1.165, 1.54) is 15.6 Å². The number of fused-ring (bicyclic) bond motifs is 1. The van der Waals surface area contributed by atoms with E-state index in [-0.39, 0.29) is 23.9 Å². The molecule has 11 heteroatoms. The monoisotopic (exact) mass is 576 g/mol. The molecule has 2 atom stereocenters. The van der Waals surface area contributed by atoms with Crippen LogP contribution in [0, 0.1) is 5.92 Å². The molecule has 0 fully saturated rings. The van der Waals surface area contributed by atoms with Crippen molar-refractivity contribution in [3.8, 4) is 0 Å². The van der Waals surface area contributed by atoms with Crippen LogP contribution in [0.25, 0.3) is 10.2 Å². The van der Waals surface area contributed by atoms with Crippen LogP contribution in [-0.4, -0.2) is 66.3 Å². The maximum Gasteiger partial charge on any atom is 0.407 e. The van der Waals surface area contributed by atoms with Gasteiger partial charge in [0.05, 0.1) is 27.3 Å². The maximum atomic E-state index is 13.8. The molecule has 1 amide bonds. The second kappa shape index (κ2) is 13.1. The Bertz CT molecular complexity index is 1340. The molecule has 39 heavy (non-hydrogen) atoms. The molecule has 0 radical (unpaired) electrons. The molecular formula is C28H40N4O5S2. The van der Waals surface area contributed by atoms with Crippen molar-refractivity contribution in [2.24, 2.45) is 5.92 Å². The number of carbonyl (C=O) groups excluding carboxylic acids is 1. The van der Waals surface area contributed by atoms with Crippen LogP contribution >= 0.6 is 11.3 Å². The Morgan fingerprint density at radius 2 is 1.82 bits per heavy atom. The number of thiazole rings is 1. The summed E-state index contributed by atoms with van der Waals surface area (Å²) < 4.78 is 35.2. The smallest absolute Gasteiger partial charge is 0.407 e. The fraction of sp³-hybridized carbons (Fsp3) is 0.500. The number of aliphatic hydroxyl groups is 1. The number of hydrogen-bond acceptors (Lipinski definition) is 8. The first-order valence-electron chi connectivity index (χ1n) is 13.1. The molecule has 1 heterocycles. The third kappa shape index (κ3) is 8.89. The van der Waals surface area contributed by atoms with E-state index in [9.17, 15) is 18.3 Å². The number of hydrogen-bond donors (Lipinski definition) is 3. The molecule has 3 rings (SSSR count). The SMILES string of the molecule is CCNc1nc2ccc(S(=O)(=O)N(CC(C)C)C[C@@H](O)[C@H](Cc3ccccc3)NC(=O)OC(C)(C)C)cc2s1. The number of nitrogens with zero attached hydrogens (tertiary/aromatic N) is 2. The van der Waals surface area contributed by atoms with E-state index in [0.717, 1.165) is 20.9 Å². The number of benzene rings is 2. The molecule has 0 saturated heterocycles. The number of aromatic nitrogens is 1. The van der Waals surface area contributed by atoms with Crippen molar-refractivity contribution >= 4 is 42.8 Å². The Balaban J connectivity index is 1.89. The van der Waals surface area contributed by atoms with Gasteiger partial charge in [0.25, 0.3) is 0 Å². The van der Waals surface area contributed by atoms with Gasteiger partial charge in [0.1, 0.15) is 5.60 Å². The molecule has 0 bridgehead atoms. The summed E-state index contributed by atoms with van der Waals surface area (Å²) in [5.41, 5.74) is 0.888. The van der Waals surface area contributed by atoms with E-state index in [2.05, 4.69) is 15.6 Å². The molecule has 0 saturated carbocycles. The molecule has 0 unspecified atom stereocenters. The minimum Gasteiger partial charge on any atom is -0.444 e. The summed E-state index contributed by atoms with van der Waals surface area (Å²) in [7, 11) is -3.96. The quantitative estimate of drug-likeness (QED) is 0.281. The standard InChI is InChI=1S/C28H40N4O5S2/c1-7-29-26-30-22-14-13-21(16-25(22)38-26)39(35,36)32(17-19(2)3)18-24(33)23(15-20-11-9-8-10-12-20)31-27(34)37-28(4,5)6/h8-14,16,19,23-24,33H,7,15,17-18H2,1-6H3,(H,29,30)(H,31,34)/t23-,24+/m0/s1. The zero-order valence-corrected chi connectivity index (χ0v) is 25.1. The Kier molecular flexibility index (Phi) is 10.3. The van der Waals surface area contributed by atoms with Crippen LogP contribution in [0.4, 0.5) is 9.93 Å². The molecule has 0 aliphatic carbocycles. The first-order valence-corrected chi connectivity index (χ1v) is 15.4. The number of sulfonamides is 1. The van der Waals surface area contributed by atoms with E-state index < -0.39 is 33.9 Å². The van der Waals surface area contributed by atoms with Crippen LogP contribution in [0.2, 0.25) is 0 Å². The predicted octanol–water partition coefficient (Wildman–Crippen LogP) is 4.87. The highest BCUT2D eigenvalue weighted by Gasteiger charge is 2.32.